The largest absolute Gasteiger partial charge is 0.480 e. The number of benzene rings is 2. The van der Waals surface area contributed by atoms with Gasteiger partial charge in [-0.15, -0.1) is 0 Å². The molecule has 1 heterocycles. The molecule has 1 aliphatic carbocycles. The third-order valence-electron chi connectivity index (χ3n) is 6.34. The molecule has 4 rings (SSSR count). The summed E-state index contributed by atoms with van der Waals surface area (Å²) in [5.74, 6) is -1.71. The highest BCUT2D eigenvalue weighted by atomic mass is 16.5. The van der Waals surface area contributed by atoms with Gasteiger partial charge in [0.1, 0.15) is 12.1 Å². The first kappa shape index (κ1) is 24.0. The molecule has 2 aromatic carbocycles. The van der Waals surface area contributed by atoms with Crippen LogP contribution in [0.2, 0.25) is 0 Å². The Bertz CT molecular complexity index is 1220. The average Bonchev–Trinajstić information content (AvgIpc) is 3.44. The Morgan fingerprint density at radius 1 is 1.09 bits per heavy atom. The summed E-state index contributed by atoms with van der Waals surface area (Å²) >= 11 is 0. The molecule has 0 saturated carbocycles. The number of fused-ring (bicyclic) bond motifs is 3. The number of nitrogens with zero attached hydrogens (tertiary/aromatic N) is 2. The average molecular weight is 478 g/mol. The molecule has 0 spiro atoms. The molecule has 0 radical (unpaired) electrons. The van der Waals surface area contributed by atoms with Crippen molar-refractivity contribution in [2.24, 2.45) is 0 Å². The fourth-order valence-corrected chi connectivity index (χ4v) is 4.41. The Labute approximate surface area is 202 Å². The molecule has 0 fully saturated rings. The Hall–Kier alpha value is -4.14. The lowest BCUT2D eigenvalue weighted by atomic mass is 9.98. The molecule has 1 aliphatic rings. The number of oxazole rings is 1. The van der Waals surface area contributed by atoms with Crippen LogP contribution in [0.5, 0.6) is 0 Å². The maximum atomic E-state index is 13.0. The molecular weight excluding hydrogens is 450 g/mol. The third-order valence-corrected chi connectivity index (χ3v) is 6.34. The molecule has 3 aromatic rings. The van der Waals surface area contributed by atoms with Crippen molar-refractivity contribution in [2.75, 3.05) is 13.2 Å². The van der Waals surface area contributed by atoms with Crippen molar-refractivity contribution in [2.45, 2.75) is 38.8 Å². The van der Waals surface area contributed by atoms with Gasteiger partial charge in [-0.3, -0.25) is 4.79 Å². The van der Waals surface area contributed by atoms with Gasteiger partial charge in [0.25, 0.3) is 5.91 Å². The number of carbonyl (C=O) groups is 3. The van der Waals surface area contributed by atoms with Gasteiger partial charge < -0.3 is 24.5 Å². The second-order valence-electron chi connectivity index (χ2n) is 8.72. The molecule has 35 heavy (non-hydrogen) atoms. The van der Waals surface area contributed by atoms with E-state index in [2.05, 4.69) is 22.4 Å². The van der Waals surface area contributed by atoms with E-state index in [0.29, 0.717) is 0 Å². The summed E-state index contributed by atoms with van der Waals surface area (Å²) in [6.45, 7) is 4.72. The number of likely N-dealkylation sites (N-methyl/N-ethyl adjacent to an activating group) is 1. The van der Waals surface area contributed by atoms with Gasteiger partial charge in [0.2, 0.25) is 0 Å². The Balaban J connectivity index is 1.40. The zero-order valence-electron chi connectivity index (χ0n) is 19.8. The minimum atomic E-state index is -1.44. The van der Waals surface area contributed by atoms with Crippen molar-refractivity contribution in [3.8, 4) is 11.1 Å². The van der Waals surface area contributed by atoms with E-state index in [4.69, 9.17) is 9.15 Å². The van der Waals surface area contributed by atoms with Crippen LogP contribution >= 0.6 is 0 Å². The van der Waals surface area contributed by atoms with E-state index in [1.165, 1.54) is 18.7 Å². The number of carboxylic acid groups (broad SMARTS) is 1. The summed E-state index contributed by atoms with van der Waals surface area (Å²) in [5.41, 5.74) is 2.97. The smallest absolute Gasteiger partial charge is 0.407 e. The van der Waals surface area contributed by atoms with E-state index in [9.17, 15) is 19.5 Å². The maximum absolute atomic E-state index is 13.0. The van der Waals surface area contributed by atoms with Crippen molar-refractivity contribution in [1.82, 2.24) is 15.2 Å². The van der Waals surface area contributed by atoms with E-state index in [1.807, 2.05) is 36.4 Å². The van der Waals surface area contributed by atoms with Gasteiger partial charge >= 0.3 is 12.1 Å². The fourth-order valence-electron chi connectivity index (χ4n) is 4.41. The normalized spacial score (nSPS) is 12.5. The number of carboxylic acids is 1. The van der Waals surface area contributed by atoms with Crippen LogP contribution in [0.3, 0.4) is 0 Å². The van der Waals surface area contributed by atoms with Crippen LogP contribution in [0.4, 0.5) is 4.79 Å². The molecule has 9 nitrogen and oxygen atoms in total. The highest BCUT2D eigenvalue weighted by molar-refractivity contribution is 5.97. The predicted molar refractivity (Wildman–Crippen MR) is 127 cm³/mol. The van der Waals surface area contributed by atoms with Crippen LogP contribution in [0.1, 0.15) is 54.1 Å². The number of rotatable bonds is 8. The zero-order valence-corrected chi connectivity index (χ0v) is 19.8. The van der Waals surface area contributed by atoms with Crippen molar-refractivity contribution < 1.29 is 28.6 Å². The first-order chi connectivity index (χ1) is 16.8. The zero-order chi connectivity index (χ0) is 25.2. The van der Waals surface area contributed by atoms with Gasteiger partial charge in [0, 0.05) is 12.5 Å². The number of hydrogen-bond donors (Lipinski definition) is 2. The summed E-state index contributed by atoms with van der Waals surface area (Å²) in [6, 6.07) is 16.1. The summed E-state index contributed by atoms with van der Waals surface area (Å²) < 4.78 is 10.8. The monoisotopic (exact) mass is 477 g/mol. The van der Waals surface area contributed by atoms with Gasteiger partial charge in [0.15, 0.2) is 17.8 Å². The Morgan fingerprint density at radius 2 is 1.69 bits per heavy atom. The van der Waals surface area contributed by atoms with Crippen LogP contribution in [-0.2, 0) is 16.1 Å². The van der Waals surface area contributed by atoms with Gasteiger partial charge in [-0.25, -0.2) is 14.6 Å². The molecule has 0 bridgehead atoms. The van der Waals surface area contributed by atoms with Crippen LogP contribution in [0.15, 0.2) is 59.3 Å². The van der Waals surface area contributed by atoms with E-state index in [0.717, 1.165) is 28.6 Å². The quantitative estimate of drug-likeness (QED) is 0.502. The second-order valence-corrected chi connectivity index (χ2v) is 8.72. The van der Waals surface area contributed by atoms with Crippen LogP contribution in [0, 0.1) is 0 Å². The number of ether oxygens (including phenoxy) is 1. The molecule has 182 valence electrons. The van der Waals surface area contributed by atoms with E-state index in [-0.39, 0.29) is 37.1 Å². The number of aromatic nitrogens is 1. The van der Waals surface area contributed by atoms with Crippen molar-refractivity contribution in [3.05, 3.63) is 77.5 Å². The molecule has 0 unspecified atom stereocenters. The summed E-state index contributed by atoms with van der Waals surface area (Å²) in [6.07, 6.45) is 0.420. The summed E-state index contributed by atoms with van der Waals surface area (Å²) in [5, 5.41) is 12.1. The first-order valence-electron chi connectivity index (χ1n) is 11.3. The number of carbonyl (C=O) groups excluding carboxylic acids is 2. The van der Waals surface area contributed by atoms with Crippen molar-refractivity contribution >= 4 is 18.0 Å². The minimum absolute atomic E-state index is 0.0554. The Kier molecular flexibility index (Phi) is 6.59. The van der Waals surface area contributed by atoms with Crippen LogP contribution < -0.4 is 5.32 Å². The highest BCUT2D eigenvalue weighted by Gasteiger charge is 2.39. The number of amides is 2. The van der Waals surface area contributed by atoms with E-state index in [1.54, 1.807) is 6.92 Å². The standard InChI is InChI=1S/C26H27N3O6/c1-4-29(26(2,3)24(31)32)23(30)22-21(35-15-28-22)13-27-25(33)34-14-20-18-11-7-5-9-16(18)17-10-6-8-12-19(17)20/h5-12,15,20H,4,13-14H2,1-3H3,(H,27,33)(H,31,32). The van der Waals surface area contributed by atoms with E-state index < -0.39 is 23.5 Å². The lowest BCUT2D eigenvalue weighted by Crippen LogP contribution is -2.53. The minimum Gasteiger partial charge on any atom is -0.480 e. The molecule has 9 heteroatoms. The van der Waals surface area contributed by atoms with Crippen molar-refractivity contribution in [1.29, 1.82) is 0 Å². The topological polar surface area (TPSA) is 122 Å². The number of aliphatic carboxylic acids is 1. The predicted octanol–water partition coefficient (Wildman–Crippen LogP) is 4.04. The fraction of sp³-hybridized carbons (Fsp3) is 0.308. The van der Waals surface area contributed by atoms with Crippen LogP contribution in [-0.4, -0.2) is 51.7 Å². The number of alkyl carbamates (subject to hydrolysis) is 1. The molecular formula is C26H27N3O6. The SMILES string of the molecule is CCN(C(=O)c1ncoc1CNC(=O)OCC1c2ccccc2-c2ccccc21)C(C)(C)C(=O)O. The molecule has 1 aromatic heterocycles. The number of hydrogen-bond acceptors (Lipinski definition) is 6. The lowest BCUT2D eigenvalue weighted by Gasteiger charge is -2.33. The molecule has 2 N–H and O–H groups in total. The first-order valence-corrected chi connectivity index (χ1v) is 11.3. The van der Waals surface area contributed by atoms with Gasteiger partial charge in [-0.2, -0.15) is 0 Å². The molecule has 2 amide bonds. The number of nitrogens with one attached hydrogen (secondary N) is 1. The third kappa shape index (κ3) is 4.49. The van der Waals surface area contributed by atoms with Crippen LogP contribution in [0.25, 0.3) is 11.1 Å². The van der Waals surface area contributed by atoms with Gasteiger partial charge in [-0.05, 0) is 43.0 Å². The van der Waals surface area contributed by atoms with Gasteiger partial charge in [-0.1, -0.05) is 48.5 Å². The van der Waals surface area contributed by atoms with Crippen molar-refractivity contribution in [3.63, 3.8) is 0 Å². The summed E-state index contributed by atoms with van der Waals surface area (Å²) in [7, 11) is 0. The molecule has 0 atom stereocenters. The molecule has 0 saturated heterocycles. The Morgan fingerprint density at radius 3 is 2.26 bits per heavy atom. The lowest BCUT2D eigenvalue weighted by molar-refractivity contribution is -0.147. The molecule has 0 aliphatic heterocycles. The highest BCUT2D eigenvalue weighted by Crippen LogP contribution is 2.44. The van der Waals surface area contributed by atoms with E-state index >= 15 is 0 Å². The summed E-state index contributed by atoms with van der Waals surface area (Å²) in [4.78, 5) is 42.2. The van der Waals surface area contributed by atoms with Gasteiger partial charge in [0.05, 0.1) is 6.54 Å². The maximum Gasteiger partial charge on any atom is 0.407 e. The second kappa shape index (κ2) is 9.61.